The molecule has 3 aromatic heterocycles. The molecule has 286 valence electrons. The van der Waals surface area contributed by atoms with Gasteiger partial charge in [0.1, 0.15) is 18.5 Å². The van der Waals surface area contributed by atoms with Crippen LogP contribution in [0.3, 0.4) is 0 Å². The number of anilines is 2. The van der Waals surface area contributed by atoms with Crippen molar-refractivity contribution in [1.82, 2.24) is 24.2 Å². The molecule has 0 spiro atoms. The molecule has 6 rings (SSSR count). The summed E-state index contributed by atoms with van der Waals surface area (Å²) in [5.74, 6) is 0.480. The van der Waals surface area contributed by atoms with E-state index in [9.17, 15) is 22.8 Å². The second-order valence-corrected chi connectivity index (χ2v) is 20.7. The van der Waals surface area contributed by atoms with Gasteiger partial charge >= 0.3 is 12.2 Å². The maximum absolute atomic E-state index is 13.4. The predicted octanol–water partition coefficient (Wildman–Crippen LogP) is 6.72. The lowest BCUT2D eigenvalue weighted by molar-refractivity contribution is -0.138. The Balaban J connectivity index is 1.13. The fraction of sp³-hybridized carbons (Fsp3) is 0.514. The molecule has 2 aliphatic rings. The van der Waals surface area contributed by atoms with Gasteiger partial charge in [0.15, 0.2) is 5.65 Å². The molecule has 2 atom stereocenters. The molecule has 4 heterocycles. The zero-order valence-electron chi connectivity index (χ0n) is 30.9. The standard InChI is InChI=1S/C37H48F3N7O5Si/c1-44-22-26(37(38,39)40)19-30(35(44)48)42-36(49)45(2)27-13-15-46(16-14-27)28-20-29-33(41-21-28)47(24-50-17-18-53(3,4)5)43-34(29)52-32-12-11-31(32)51-23-25-9-7-6-8-10-25/h6-10,19-22,27,31-32H,11-18,23-24H2,1-5H3,(H,42,49)/t31-,32-/m1/s1. The van der Waals surface area contributed by atoms with Crippen LogP contribution < -0.4 is 20.5 Å². The average Bonchev–Trinajstić information content (AvgIpc) is 3.46. The van der Waals surface area contributed by atoms with Crippen LogP contribution >= 0.6 is 0 Å². The van der Waals surface area contributed by atoms with Crippen molar-refractivity contribution in [2.75, 3.05) is 37.0 Å². The van der Waals surface area contributed by atoms with Gasteiger partial charge in [0, 0.05) is 54.1 Å². The van der Waals surface area contributed by atoms with E-state index in [0.29, 0.717) is 62.9 Å². The van der Waals surface area contributed by atoms with Crippen LogP contribution in [-0.2, 0) is 36.0 Å². The molecule has 53 heavy (non-hydrogen) atoms. The second-order valence-electron chi connectivity index (χ2n) is 15.1. The summed E-state index contributed by atoms with van der Waals surface area (Å²) in [5.41, 5.74) is 0.472. The number of aromatic nitrogens is 4. The van der Waals surface area contributed by atoms with Crippen molar-refractivity contribution in [2.45, 2.75) is 89.1 Å². The van der Waals surface area contributed by atoms with Crippen LogP contribution in [0.15, 0.2) is 59.7 Å². The number of amides is 2. The van der Waals surface area contributed by atoms with E-state index in [-0.39, 0.29) is 25.0 Å². The van der Waals surface area contributed by atoms with Gasteiger partial charge in [-0.3, -0.25) is 4.79 Å². The van der Waals surface area contributed by atoms with Gasteiger partial charge in [-0.15, -0.1) is 5.10 Å². The molecule has 2 fully saturated rings. The van der Waals surface area contributed by atoms with E-state index < -0.39 is 37.1 Å². The molecule has 1 N–H and O–H groups in total. The molecule has 16 heteroatoms. The summed E-state index contributed by atoms with van der Waals surface area (Å²) in [6, 6.07) is 12.9. The number of halogens is 3. The number of urea groups is 1. The summed E-state index contributed by atoms with van der Waals surface area (Å²) in [6.45, 7) is 9.53. The minimum Gasteiger partial charge on any atom is -0.470 e. The van der Waals surface area contributed by atoms with E-state index in [0.717, 1.165) is 40.1 Å². The fourth-order valence-corrected chi connectivity index (χ4v) is 7.18. The normalized spacial score (nSPS) is 18.2. The first-order valence-electron chi connectivity index (χ1n) is 18.0. The third-order valence-electron chi connectivity index (χ3n) is 9.92. The first-order chi connectivity index (χ1) is 25.2. The van der Waals surface area contributed by atoms with Crippen LogP contribution in [0.5, 0.6) is 5.88 Å². The number of rotatable bonds is 13. The molecule has 4 aromatic rings. The van der Waals surface area contributed by atoms with Gasteiger partial charge in [0.05, 0.1) is 35.5 Å². The Bertz CT molecular complexity index is 1940. The van der Waals surface area contributed by atoms with Crippen LogP contribution in [0.25, 0.3) is 11.0 Å². The van der Waals surface area contributed by atoms with Crippen molar-refractivity contribution in [3.63, 3.8) is 0 Å². The highest BCUT2D eigenvalue weighted by Gasteiger charge is 2.36. The number of carbonyl (C=O) groups is 1. The Morgan fingerprint density at radius 1 is 1.06 bits per heavy atom. The molecule has 0 unspecified atom stereocenters. The van der Waals surface area contributed by atoms with Gasteiger partial charge in [0.2, 0.25) is 5.88 Å². The van der Waals surface area contributed by atoms with Gasteiger partial charge in [-0.25, -0.2) is 14.5 Å². The highest BCUT2D eigenvalue weighted by molar-refractivity contribution is 6.76. The number of pyridine rings is 2. The van der Waals surface area contributed by atoms with E-state index >= 15 is 0 Å². The molecular formula is C37H48F3N7O5Si. The fourth-order valence-electron chi connectivity index (χ4n) is 6.42. The minimum atomic E-state index is -4.66. The summed E-state index contributed by atoms with van der Waals surface area (Å²) in [4.78, 5) is 34.0. The van der Waals surface area contributed by atoms with Crippen LogP contribution in [0.1, 0.15) is 36.8 Å². The number of ether oxygens (including phenoxy) is 3. The Kier molecular flexibility index (Phi) is 11.5. The average molecular weight is 756 g/mol. The number of alkyl halides is 3. The predicted molar refractivity (Wildman–Crippen MR) is 199 cm³/mol. The first-order valence-corrected chi connectivity index (χ1v) is 21.7. The number of benzene rings is 1. The van der Waals surface area contributed by atoms with Crippen LogP contribution in [0, 0.1) is 0 Å². The smallest absolute Gasteiger partial charge is 0.417 e. The highest BCUT2D eigenvalue weighted by atomic mass is 28.3. The summed E-state index contributed by atoms with van der Waals surface area (Å²) in [7, 11) is 1.53. The van der Waals surface area contributed by atoms with E-state index in [1.54, 1.807) is 11.7 Å². The lowest BCUT2D eigenvalue weighted by atomic mass is 9.91. The molecule has 1 aliphatic heterocycles. The number of fused-ring (bicyclic) bond motifs is 1. The van der Waals surface area contributed by atoms with Crippen LogP contribution in [0.2, 0.25) is 25.7 Å². The lowest BCUT2D eigenvalue weighted by Gasteiger charge is -2.37. The monoisotopic (exact) mass is 755 g/mol. The topological polar surface area (TPSA) is 116 Å². The Morgan fingerprint density at radius 2 is 1.77 bits per heavy atom. The molecule has 12 nitrogen and oxygen atoms in total. The first kappa shape index (κ1) is 38.3. The number of hydrogen-bond acceptors (Lipinski definition) is 8. The molecular weight excluding hydrogens is 708 g/mol. The summed E-state index contributed by atoms with van der Waals surface area (Å²) >= 11 is 0. The van der Waals surface area contributed by atoms with Crippen molar-refractivity contribution >= 4 is 36.5 Å². The van der Waals surface area contributed by atoms with Gasteiger partial charge in [0.25, 0.3) is 5.56 Å². The minimum absolute atomic E-state index is 0.0515. The van der Waals surface area contributed by atoms with E-state index in [1.807, 2.05) is 42.6 Å². The Hall–Kier alpha value is -4.41. The maximum Gasteiger partial charge on any atom is 0.417 e. The highest BCUT2D eigenvalue weighted by Crippen LogP contribution is 2.35. The van der Waals surface area contributed by atoms with Crippen LogP contribution in [0.4, 0.5) is 29.3 Å². The molecule has 1 aromatic carbocycles. The number of nitrogens with one attached hydrogen (secondary N) is 1. The summed E-state index contributed by atoms with van der Waals surface area (Å²) in [6.07, 6.45) is 0.601. The SMILES string of the molecule is CN(C(=O)Nc1cc(C(F)(F)F)cn(C)c1=O)C1CCN(c2cnc3c(c2)c(O[C@@H]2CC[C@H]2OCc2ccccc2)nn3COCC[Si](C)(C)C)CC1. The number of carbonyl (C=O) groups excluding carboxylic acids is 1. The third-order valence-corrected chi connectivity index (χ3v) is 11.6. The van der Waals surface area contributed by atoms with Gasteiger partial charge < -0.3 is 33.9 Å². The molecule has 1 aliphatic carbocycles. The zero-order valence-corrected chi connectivity index (χ0v) is 31.9. The zero-order chi connectivity index (χ0) is 37.9. The van der Waals surface area contributed by atoms with Crippen molar-refractivity contribution in [3.05, 3.63) is 76.3 Å². The molecule has 1 saturated carbocycles. The van der Waals surface area contributed by atoms with Crippen molar-refractivity contribution < 1.29 is 32.2 Å². The van der Waals surface area contributed by atoms with E-state index in [4.69, 9.17) is 24.3 Å². The Morgan fingerprint density at radius 3 is 2.43 bits per heavy atom. The van der Waals surface area contributed by atoms with Crippen molar-refractivity contribution in [2.24, 2.45) is 7.05 Å². The van der Waals surface area contributed by atoms with Gasteiger partial charge in [-0.2, -0.15) is 13.2 Å². The molecule has 0 radical (unpaired) electrons. The van der Waals surface area contributed by atoms with E-state index in [2.05, 4.69) is 29.9 Å². The van der Waals surface area contributed by atoms with Crippen LogP contribution in [-0.4, -0.2) is 83.3 Å². The molecule has 0 bridgehead atoms. The Labute approximate surface area is 307 Å². The van der Waals surface area contributed by atoms with E-state index in [1.165, 1.54) is 11.9 Å². The van der Waals surface area contributed by atoms with Crippen molar-refractivity contribution in [3.8, 4) is 5.88 Å². The number of nitrogens with zero attached hydrogens (tertiary/aromatic N) is 6. The number of piperidine rings is 1. The molecule has 2 amide bonds. The van der Waals surface area contributed by atoms with Gasteiger partial charge in [-0.1, -0.05) is 50.0 Å². The summed E-state index contributed by atoms with van der Waals surface area (Å²) in [5, 5.41) is 7.97. The quantitative estimate of drug-likeness (QED) is 0.118. The number of aryl methyl sites for hydroxylation is 1. The third kappa shape index (κ3) is 9.40. The summed E-state index contributed by atoms with van der Waals surface area (Å²) < 4.78 is 61.4. The van der Waals surface area contributed by atoms with Crippen molar-refractivity contribution in [1.29, 1.82) is 0 Å². The largest absolute Gasteiger partial charge is 0.470 e. The second kappa shape index (κ2) is 15.9. The lowest BCUT2D eigenvalue weighted by Crippen LogP contribution is -2.47. The van der Waals surface area contributed by atoms with Gasteiger partial charge in [-0.05, 0) is 49.4 Å². The molecule has 1 saturated heterocycles. The maximum atomic E-state index is 13.4. The number of hydrogen-bond donors (Lipinski definition) is 1.